The standard InChI is InChI=1S/C10H7S2/c1-2-5-9(6-3-1)12-10-7-4-8-11-10/h1-3,5-8H. The highest BCUT2D eigenvalue weighted by Crippen LogP contribution is 2.30. The van der Waals surface area contributed by atoms with Crippen LogP contribution in [0.25, 0.3) is 0 Å². The molecule has 0 nitrogen and oxygen atoms in total. The van der Waals surface area contributed by atoms with E-state index in [-0.39, 0.29) is 0 Å². The molecule has 2 aromatic rings. The molecule has 0 aliphatic heterocycles. The van der Waals surface area contributed by atoms with Crippen molar-refractivity contribution in [1.82, 2.24) is 0 Å². The summed E-state index contributed by atoms with van der Waals surface area (Å²) in [4.78, 5) is 1.29. The van der Waals surface area contributed by atoms with Gasteiger partial charge in [0.25, 0.3) is 0 Å². The third-order valence-electron chi connectivity index (χ3n) is 1.41. The van der Waals surface area contributed by atoms with Crippen molar-refractivity contribution >= 4 is 23.1 Å². The molecule has 0 bridgehead atoms. The first kappa shape index (κ1) is 7.90. The van der Waals surface area contributed by atoms with Gasteiger partial charge in [0.1, 0.15) is 0 Å². The van der Waals surface area contributed by atoms with Crippen LogP contribution in [0.4, 0.5) is 0 Å². The largest absolute Gasteiger partial charge is 0.136 e. The van der Waals surface area contributed by atoms with Crippen LogP contribution in [0.2, 0.25) is 0 Å². The number of benzene rings is 1. The maximum Gasteiger partial charge on any atom is 0.0652 e. The van der Waals surface area contributed by atoms with Crippen molar-refractivity contribution in [3.63, 3.8) is 0 Å². The van der Waals surface area contributed by atoms with Crippen molar-refractivity contribution in [2.24, 2.45) is 0 Å². The lowest BCUT2D eigenvalue weighted by molar-refractivity contribution is 1.46. The van der Waals surface area contributed by atoms with Crippen LogP contribution in [0.1, 0.15) is 0 Å². The third-order valence-corrected chi connectivity index (χ3v) is 3.38. The summed E-state index contributed by atoms with van der Waals surface area (Å²) in [5.41, 5.74) is 0. The fourth-order valence-electron chi connectivity index (χ4n) is 0.886. The highest BCUT2D eigenvalue weighted by Gasteiger charge is 1.95. The monoisotopic (exact) mass is 191 g/mol. The van der Waals surface area contributed by atoms with Crippen LogP contribution >= 0.6 is 23.1 Å². The molecule has 2 heteroatoms. The van der Waals surface area contributed by atoms with Gasteiger partial charge in [0.05, 0.1) is 4.21 Å². The van der Waals surface area contributed by atoms with Crippen LogP contribution < -0.4 is 0 Å². The van der Waals surface area contributed by atoms with E-state index in [2.05, 4.69) is 30.3 Å². The minimum atomic E-state index is 1.29. The molecular weight excluding hydrogens is 184 g/mol. The van der Waals surface area contributed by atoms with E-state index in [1.807, 2.05) is 17.5 Å². The molecule has 0 aliphatic rings. The van der Waals surface area contributed by atoms with Gasteiger partial charge in [0.15, 0.2) is 0 Å². The second kappa shape index (κ2) is 3.78. The summed E-state index contributed by atoms with van der Waals surface area (Å²) in [6.07, 6.45) is 0. The normalized spacial score (nSPS) is 10.0. The molecule has 59 valence electrons. The Morgan fingerprint density at radius 3 is 2.67 bits per heavy atom. The number of thiophene rings is 1. The van der Waals surface area contributed by atoms with Gasteiger partial charge in [-0.1, -0.05) is 30.0 Å². The summed E-state index contributed by atoms with van der Waals surface area (Å²) >= 11 is 3.51. The topological polar surface area (TPSA) is 0 Å². The van der Waals surface area contributed by atoms with E-state index in [9.17, 15) is 0 Å². The average Bonchev–Trinajstić information content (AvgIpc) is 2.59. The Kier molecular flexibility index (Phi) is 2.49. The van der Waals surface area contributed by atoms with Gasteiger partial charge in [-0.2, -0.15) is 0 Å². The van der Waals surface area contributed by atoms with Crippen LogP contribution in [0.3, 0.4) is 0 Å². The first-order chi connectivity index (χ1) is 5.95. The maximum absolute atomic E-state index is 3.05. The summed E-state index contributed by atoms with van der Waals surface area (Å²) in [5.74, 6) is 0. The van der Waals surface area contributed by atoms with Crippen LogP contribution in [-0.4, -0.2) is 0 Å². The zero-order valence-electron chi connectivity index (χ0n) is 6.36. The zero-order valence-corrected chi connectivity index (χ0v) is 7.99. The predicted octanol–water partition coefficient (Wildman–Crippen LogP) is 3.70. The van der Waals surface area contributed by atoms with Gasteiger partial charge in [0, 0.05) is 4.90 Å². The molecule has 1 aromatic carbocycles. The minimum Gasteiger partial charge on any atom is -0.136 e. The Bertz CT molecular complexity index is 324. The fraction of sp³-hybridized carbons (Fsp3) is 0. The average molecular weight is 191 g/mol. The van der Waals surface area contributed by atoms with Crippen molar-refractivity contribution in [3.05, 3.63) is 47.8 Å². The molecule has 1 aromatic heterocycles. The molecule has 0 aliphatic carbocycles. The van der Waals surface area contributed by atoms with Crippen molar-refractivity contribution in [3.8, 4) is 0 Å². The molecule has 12 heavy (non-hydrogen) atoms. The van der Waals surface area contributed by atoms with E-state index in [1.165, 1.54) is 9.10 Å². The number of hydrogen-bond acceptors (Lipinski definition) is 2. The summed E-state index contributed by atoms with van der Waals surface area (Å²) in [6, 6.07) is 15.4. The van der Waals surface area contributed by atoms with Crippen LogP contribution in [0.5, 0.6) is 0 Å². The highest BCUT2D eigenvalue weighted by molar-refractivity contribution is 8.01. The lowest BCUT2D eigenvalue weighted by Gasteiger charge is -1.95. The van der Waals surface area contributed by atoms with E-state index in [0.717, 1.165) is 0 Å². The van der Waals surface area contributed by atoms with Gasteiger partial charge in [-0.25, -0.2) is 0 Å². The van der Waals surface area contributed by atoms with E-state index in [1.54, 1.807) is 23.1 Å². The second-order valence-electron chi connectivity index (χ2n) is 2.28. The van der Waals surface area contributed by atoms with Gasteiger partial charge >= 0.3 is 0 Å². The molecule has 1 radical (unpaired) electrons. The van der Waals surface area contributed by atoms with Crippen LogP contribution in [0, 0.1) is 6.07 Å². The Hall–Kier alpha value is -0.730. The smallest absolute Gasteiger partial charge is 0.0652 e. The van der Waals surface area contributed by atoms with Crippen LogP contribution in [0.15, 0.2) is 50.9 Å². The van der Waals surface area contributed by atoms with Crippen molar-refractivity contribution in [1.29, 1.82) is 0 Å². The first-order valence-electron chi connectivity index (χ1n) is 3.62. The molecule has 0 amide bonds. The molecule has 0 saturated heterocycles. The molecule has 2 rings (SSSR count). The summed E-state index contributed by atoms with van der Waals surface area (Å²) in [5, 5.41) is 1.98. The Morgan fingerprint density at radius 2 is 2.00 bits per heavy atom. The molecular formula is C10H7S2. The summed E-state index contributed by atoms with van der Waals surface area (Å²) < 4.78 is 1.29. The molecule has 1 heterocycles. The summed E-state index contributed by atoms with van der Waals surface area (Å²) in [6.45, 7) is 0. The zero-order chi connectivity index (χ0) is 8.23. The van der Waals surface area contributed by atoms with E-state index >= 15 is 0 Å². The van der Waals surface area contributed by atoms with E-state index in [4.69, 9.17) is 0 Å². The van der Waals surface area contributed by atoms with Crippen molar-refractivity contribution < 1.29 is 0 Å². The predicted molar refractivity (Wildman–Crippen MR) is 53.7 cm³/mol. The lowest BCUT2D eigenvalue weighted by Crippen LogP contribution is -1.65. The van der Waals surface area contributed by atoms with Gasteiger partial charge in [0.2, 0.25) is 0 Å². The molecule has 0 fully saturated rings. The summed E-state index contributed by atoms with van der Waals surface area (Å²) in [7, 11) is 0. The van der Waals surface area contributed by atoms with Crippen molar-refractivity contribution in [2.45, 2.75) is 9.10 Å². The Morgan fingerprint density at radius 1 is 1.17 bits per heavy atom. The van der Waals surface area contributed by atoms with E-state index < -0.39 is 0 Å². The fourth-order valence-corrected chi connectivity index (χ4v) is 2.55. The molecule has 0 spiro atoms. The Balaban J connectivity index is 2.15. The van der Waals surface area contributed by atoms with Gasteiger partial charge in [-0.15, -0.1) is 11.3 Å². The number of rotatable bonds is 2. The first-order valence-corrected chi connectivity index (χ1v) is 5.32. The van der Waals surface area contributed by atoms with E-state index in [0.29, 0.717) is 0 Å². The Labute approximate surface area is 80.3 Å². The van der Waals surface area contributed by atoms with Gasteiger partial charge in [-0.05, 0) is 29.6 Å². The number of hydrogen-bond donors (Lipinski definition) is 0. The van der Waals surface area contributed by atoms with Gasteiger partial charge < -0.3 is 0 Å². The van der Waals surface area contributed by atoms with Gasteiger partial charge in [-0.3, -0.25) is 0 Å². The molecule has 0 atom stereocenters. The highest BCUT2D eigenvalue weighted by atomic mass is 32.2. The van der Waals surface area contributed by atoms with Crippen LogP contribution in [-0.2, 0) is 0 Å². The maximum atomic E-state index is 3.05. The van der Waals surface area contributed by atoms with Crippen molar-refractivity contribution in [2.75, 3.05) is 0 Å². The third kappa shape index (κ3) is 1.90. The second-order valence-corrected chi connectivity index (χ2v) is 4.57. The quantitative estimate of drug-likeness (QED) is 0.697. The lowest BCUT2D eigenvalue weighted by atomic mass is 10.4. The minimum absolute atomic E-state index is 1.29. The molecule has 0 saturated carbocycles. The molecule has 0 N–H and O–H groups in total. The SMILES string of the molecule is [c]1csc(Sc2ccccc2)c1. The molecule has 0 unspecified atom stereocenters.